The van der Waals surface area contributed by atoms with E-state index >= 15 is 0 Å². The molecule has 0 aliphatic carbocycles. The lowest BCUT2D eigenvalue weighted by Gasteiger charge is -2.23. The van der Waals surface area contributed by atoms with Gasteiger partial charge in [-0.3, -0.25) is 0 Å². The van der Waals surface area contributed by atoms with E-state index in [2.05, 4.69) is 0 Å². The van der Waals surface area contributed by atoms with Crippen LogP contribution in [0, 0.1) is 0 Å². The van der Waals surface area contributed by atoms with Gasteiger partial charge in [-0.25, -0.2) is 19.6 Å². The van der Waals surface area contributed by atoms with Gasteiger partial charge < -0.3 is 0 Å². The van der Waals surface area contributed by atoms with Crippen molar-refractivity contribution >= 4 is 0 Å². The monoisotopic (exact) mass is 266 g/mol. The molecule has 0 amide bonds. The molecule has 6 heteroatoms. The van der Waals surface area contributed by atoms with Crippen LogP contribution in [-0.2, 0) is 29.3 Å². The highest BCUT2D eigenvalue weighted by atomic mass is 17.3. The van der Waals surface area contributed by atoms with Gasteiger partial charge in [0.1, 0.15) is 0 Å². The fourth-order valence-corrected chi connectivity index (χ4v) is 0.613. The van der Waals surface area contributed by atoms with Crippen LogP contribution in [0.25, 0.3) is 0 Å². The lowest BCUT2D eigenvalue weighted by Crippen LogP contribution is -2.27. The SMILES string of the molecule is CC(OOC(C)OOC(C)(C)C)OOC(C)(C)C. The summed E-state index contributed by atoms with van der Waals surface area (Å²) in [6, 6.07) is 0. The van der Waals surface area contributed by atoms with Crippen molar-refractivity contribution in [2.24, 2.45) is 0 Å². The second kappa shape index (κ2) is 7.37. The minimum absolute atomic E-state index is 0.408. The van der Waals surface area contributed by atoms with Gasteiger partial charge >= 0.3 is 0 Å². The predicted molar refractivity (Wildman–Crippen MR) is 64.9 cm³/mol. The summed E-state index contributed by atoms with van der Waals surface area (Å²) >= 11 is 0. The molecule has 0 saturated heterocycles. The zero-order valence-electron chi connectivity index (χ0n) is 12.6. The molecule has 18 heavy (non-hydrogen) atoms. The van der Waals surface area contributed by atoms with E-state index in [9.17, 15) is 0 Å². The number of hydrogen-bond donors (Lipinski definition) is 0. The van der Waals surface area contributed by atoms with E-state index in [-0.39, 0.29) is 0 Å². The molecule has 0 N–H and O–H groups in total. The van der Waals surface area contributed by atoms with Gasteiger partial charge in [0.15, 0.2) is 0 Å². The minimum atomic E-state index is -0.676. The summed E-state index contributed by atoms with van der Waals surface area (Å²) in [5.41, 5.74) is -0.815. The van der Waals surface area contributed by atoms with E-state index in [0.717, 1.165) is 0 Å². The van der Waals surface area contributed by atoms with Crippen LogP contribution in [0.1, 0.15) is 55.4 Å². The highest BCUT2D eigenvalue weighted by Gasteiger charge is 2.18. The largest absolute Gasteiger partial charge is 0.228 e. The molecule has 0 saturated carbocycles. The normalized spacial score (nSPS) is 16.7. The Labute approximate surface area is 109 Å². The number of rotatable bonds is 7. The molecule has 0 spiro atoms. The summed E-state index contributed by atoms with van der Waals surface area (Å²) < 4.78 is 0. The molecule has 6 nitrogen and oxygen atoms in total. The standard InChI is InChI=1S/C12H26O6/c1-9(15-17-11(3,4)5)13-14-10(2)16-18-12(6,7)8/h9-10H,1-8H3. The first kappa shape index (κ1) is 17.8. The Balaban J connectivity index is 3.68. The van der Waals surface area contributed by atoms with Crippen molar-refractivity contribution in [2.75, 3.05) is 0 Å². The van der Waals surface area contributed by atoms with Crippen molar-refractivity contribution in [3.05, 3.63) is 0 Å². The van der Waals surface area contributed by atoms with Gasteiger partial charge in [0.25, 0.3) is 0 Å². The Bertz CT molecular complexity index is 194. The predicted octanol–water partition coefficient (Wildman–Crippen LogP) is 3.12. The Morgan fingerprint density at radius 3 is 1.06 bits per heavy atom. The molecule has 0 fully saturated rings. The molecule has 0 heterocycles. The zero-order chi connectivity index (χ0) is 14.4. The van der Waals surface area contributed by atoms with Crippen molar-refractivity contribution in [3.8, 4) is 0 Å². The summed E-state index contributed by atoms with van der Waals surface area (Å²) in [5.74, 6) is 0. The summed E-state index contributed by atoms with van der Waals surface area (Å²) in [4.78, 5) is 29.9. The second-order valence-electron chi connectivity index (χ2n) is 5.91. The van der Waals surface area contributed by atoms with Gasteiger partial charge in [-0.1, -0.05) is 0 Å². The Hall–Kier alpha value is -0.240. The van der Waals surface area contributed by atoms with Crippen LogP contribution < -0.4 is 0 Å². The summed E-state index contributed by atoms with van der Waals surface area (Å²) in [5, 5.41) is 0. The topological polar surface area (TPSA) is 55.4 Å². The van der Waals surface area contributed by atoms with Crippen LogP contribution in [0.3, 0.4) is 0 Å². The van der Waals surface area contributed by atoms with Crippen molar-refractivity contribution in [1.29, 1.82) is 0 Å². The first-order valence-corrected chi connectivity index (χ1v) is 6.01. The highest BCUT2D eigenvalue weighted by molar-refractivity contribution is 4.54. The van der Waals surface area contributed by atoms with Crippen LogP contribution >= 0.6 is 0 Å². The smallest absolute Gasteiger partial charge is 0.221 e. The van der Waals surface area contributed by atoms with Gasteiger partial charge in [-0.05, 0) is 55.4 Å². The average Bonchev–Trinajstić information content (AvgIpc) is 2.18. The molecule has 0 aliphatic heterocycles. The molecule has 2 atom stereocenters. The molecule has 0 aromatic heterocycles. The molecule has 0 aromatic carbocycles. The highest BCUT2D eigenvalue weighted by Crippen LogP contribution is 2.12. The van der Waals surface area contributed by atoms with Gasteiger partial charge in [0.05, 0.1) is 11.2 Å². The third kappa shape index (κ3) is 12.2. The van der Waals surface area contributed by atoms with E-state index in [0.29, 0.717) is 0 Å². The van der Waals surface area contributed by atoms with Crippen LogP contribution in [0.2, 0.25) is 0 Å². The Kier molecular flexibility index (Phi) is 7.28. The summed E-state index contributed by atoms with van der Waals surface area (Å²) in [6.45, 7) is 14.5. The van der Waals surface area contributed by atoms with Gasteiger partial charge in [-0.15, -0.1) is 0 Å². The molecule has 0 bridgehead atoms. The van der Waals surface area contributed by atoms with E-state index in [1.165, 1.54) is 0 Å². The lowest BCUT2D eigenvalue weighted by molar-refractivity contribution is -0.530. The Morgan fingerprint density at radius 1 is 0.556 bits per heavy atom. The fraction of sp³-hybridized carbons (Fsp3) is 1.00. The quantitative estimate of drug-likeness (QED) is 0.401. The van der Waals surface area contributed by atoms with E-state index in [4.69, 9.17) is 29.3 Å². The maximum Gasteiger partial charge on any atom is 0.221 e. The molecular weight excluding hydrogens is 240 g/mol. The van der Waals surface area contributed by atoms with Crippen LogP contribution in [0.4, 0.5) is 0 Å². The molecule has 0 aromatic rings. The second-order valence-corrected chi connectivity index (χ2v) is 5.91. The third-order valence-corrected chi connectivity index (χ3v) is 1.19. The summed E-state index contributed by atoms with van der Waals surface area (Å²) in [7, 11) is 0. The minimum Gasteiger partial charge on any atom is -0.228 e. The van der Waals surface area contributed by atoms with E-state index in [1.807, 2.05) is 41.5 Å². The average molecular weight is 266 g/mol. The van der Waals surface area contributed by atoms with Gasteiger partial charge in [-0.2, -0.15) is 9.78 Å². The molecular formula is C12H26O6. The zero-order valence-corrected chi connectivity index (χ0v) is 12.6. The third-order valence-electron chi connectivity index (χ3n) is 1.19. The van der Waals surface area contributed by atoms with Crippen LogP contribution in [0.15, 0.2) is 0 Å². The first-order chi connectivity index (χ1) is 7.99. The maximum atomic E-state index is 5.06. The summed E-state index contributed by atoms with van der Waals surface area (Å²) in [6.07, 6.45) is -1.35. The van der Waals surface area contributed by atoms with E-state index in [1.54, 1.807) is 13.8 Å². The van der Waals surface area contributed by atoms with Gasteiger partial charge in [0, 0.05) is 0 Å². The molecule has 110 valence electrons. The van der Waals surface area contributed by atoms with Crippen molar-refractivity contribution in [3.63, 3.8) is 0 Å². The van der Waals surface area contributed by atoms with Crippen LogP contribution in [0.5, 0.6) is 0 Å². The van der Waals surface area contributed by atoms with Gasteiger partial charge in [0.2, 0.25) is 12.6 Å². The molecule has 0 aliphatic rings. The molecule has 0 radical (unpaired) electrons. The number of hydrogen-bond acceptors (Lipinski definition) is 6. The first-order valence-electron chi connectivity index (χ1n) is 6.01. The van der Waals surface area contributed by atoms with Crippen molar-refractivity contribution in [1.82, 2.24) is 0 Å². The maximum absolute atomic E-state index is 5.06. The van der Waals surface area contributed by atoms with Crippen molar-refractivity contribution in [2.45, 2.75) is 79.2 Å². The molecule has 2 unspecified atom stereocenters. The molecule has 0 rings (SSSR count). The van der Waals surface area contributed by atoms with Crippen molar-refractivity contribution < 1.29 is 29.3 Å². The Morgan fingerprint density at radius 2 is 0.833 bits per heavy atom. The lowest BCUT2D eigenvalue weighted by atomic mass is 10.2. The fourth-order valence-electron chi connectivity index (χ4n) is 0.613. The van der Waals surface area contributed by atoms with Crippen LogP contribution in [-0.4, -0.2) is 23.8 Å². The van der Waals surface area contributed by atoms with E-state index < -0.39 is 23.8 Å².